The summed E-state index contributed by atoms with van der Waals surface area (Å²) in [5.41, 5.74) is 4.24. The number of halogens is 1. The quantitative estimate of drug-likeness (QED) is 0.298. The molecule has 0 saturated carbocycles. The molecule has 0 aliphatic heterocycles. The summed E-state index contributed by atoms with van der Waals surface area (Å²) in [5, 5.41) is 3.80. The van der Waals surface area contributed by atoms with Crippen molar-refractivity contribution in [3.8, 4) is 0 Å². The number of nitrogens with zero attached hydrogens (tertiary/aromatic N) is 1. The van der Waals surface area contributed by atoms with Crippen LogP contribution in [0.4, 0.5) is 0 Å². The molecule has 3 aromatic carbocycles. The first-order chi connectivity index (χ1) is 17.4. The van der Waals surface area contributed by atoms with Crippen molar-refractivity contribution < 1.29 is 9.59 Å². The summed E-state index contributed by atoms with van der Waals surface area (Å²) in [7, 11) is 0. The Balaban J connectivity index is 1.86. The van der Waals surface area contributed by atoms with Gasteiger partial charge in [0.05, 0.1) is 5.75 Å². The number of benzene rings is 3. The van der Waals surface area contributed by atoms with Gasteiger partial charge >= 0.3 is 0 Å². The molecule has 0 bridgehead atoms. The largest absolute Gasteiger partial charge is 0.352 e. The zero-order valence-electron chi connectivity index (χ0n) is 21.2. The van der Waals surface area contributed by atoms with Crippen molar-refractivity contribution >= 4 is 35.2 Å². The van der Waals surface area contributed by atoms with Crippen LogP contribution in [-0.4, -0.2) is 34.6 Å². The number of aryl methyl sites for hydroxylation is 1. The van der Waals surface area contributed by atoms with Gasteiger partial charge in [-0.2, -0.15) is 0 Å². The Labute approximate surface area is 224 Å². The molecule has 3 aromatic rings. The number of nitrogens with one attached hydrogen (secondary N) is 1. The maximum Gasteiger partial charge on any atom is 0.243 e. The maximum absolute atomic E-state index is 13.7. The monoisotopic (exact) mass is 522 g/mol. The van der Waals surface area contributed by atoms with Gasteiger partial charge in [-0.1, -0.05) is 85.3 Å². The Bertz CT molecular complexity index is 1140. The Morgan fingerprint density at radius 1 is 0.972 bits per heavy atom. The average molecular weight is 523 g/mol. The highest BCUT2D eigenvalue weighted by molar-refractivity contribution is 7.99. The number of carbonyl (C=O) groups is 2. The molecule has 0 radical (unpaired) electrons. The lowest BCUT2D eigenvalue weighted by molar-refractivity contribution is -0.139. The van der Waals surface area contributed by atoms with Crippen LogP contribution in [0.25, 0.3) is 0 Å². The summed E-state index contributed by atoms with van der Waals surface area (Å²) in [5.74, 6) is 0.785. The van der Waals surface area contributed by atoms with Gasteiger partial charge in [-0.25, -0.2) is 0 Å². The van der Waals surface area contributed by atoms with Crippen LogP contribution in [0.2, 0.25) is 5.02 Å². The van der Waals surface area contributed by atoms with Crippen molar-refractivity contribution in [1.82, 2.24) is 10.2 Å². The molecule has 0 unspecified atom stereocenters. The summed E-state index contributed by atoms with van der Waals surface area (Å²) in [6.07, 6.45) is 1.28. The lowest BCUT2D eigenvalue weighted by Crippen LogP contribution is -2.52. The fourth-order valence-corrected chi connectivity index (χ4v) is 5.00. The molecule has 2 amide bonds. The van der Waals surface area contributed by atoms with Gasteiger partial charge in [-0.15, -0.1) is 11.8 Å². The molecule has 3 rings (SSSR count). The minimum atomic E-state index is -0.611. The van der Waals surface area contributed by atoms with E-state index in [9.17, 15) is 9.59 Å². The van der Waals surface area contributed by atoms with E-state index in [2.05, 4.69) is 5.32 Å². The number of amides is 2. The first kappa shape index (κ1) is 27.8. The summed E-state index contributed by atoms with van der Waals surface area (Å²) in [6.45, 7) is 6.46. The van der Waals surface area contributed by atoms with E-state index in [1.54, 1.807) is 4.90 Å². The molecule has 1 N–H and O–H groups in total. The van der Waals surface area contributed by atoms with Crippen LogP contribution < -0.4 is 5.32 Å². The molecule has 0 spiro atoms. The van der Waals surface area contributed by atoms with E-state index in [1.165, 1.54) is 11.8 Å². The van der Waals surface area contributed by atoms with Gasteiger partial charge in [0.25, 0.3) is 0 Å². The summed E-state index contributed by atoms with van der Waals surface area (Å²) in [6, 6.07) is 25.0. The topological polar surface area (TPSA) is 49.4 Å². The molecule has 4 nitrogen and oxygen atoms in total. The second-order valence-electron chi connectivity index (χ2n) is 9.09. The van der Waals surface area contributed by atoms with Crippen LogP contribution in [0.5, 0.6) is 0 Å². The summed E-state index contributed by atoms with van der Waals surface area (Å²) < 4.78 is 0. The molecule has 190 valence electrons. The number of carbonyl (C=O) groups excluding carboxylic acids is 2. The van der Waals surface area contributed by atoms with Crippen molar-refractivity contribution in [2.24, 2.45) is 0 Å². The Morgan fingerprint density at radius 2 is 1.67 bits per heavy atom. The fraction of sp³-hybridized carbons (Fsp3) is 0.333. The van der Waals surface area contributed by atoms with Crippen LogP contribution in [0.15, 0.2) is 78.9 Å². The van der Waals surface area contributed by atoms with Gasteiger partial charge < -0.3 is 10.2 Å². The van der Waals surface area contributed by atoms with Gasteiger partial charge in [0.15, 0.2) is 0 Å². The molecule has 36 heavy (non-hydrogen) atoms. The SMILES string of the molecule is CC[C@@H](C)NC(=O)[C@H](Cc1ccccc1)N(Cc1ccccc1C)C(=O)CSCc1cccc(Cl)c1. The molecule has 0 heterocycles. The molecular formula is C30H35ClN2O2S. The molecule has 0 aromatic heterocycles. The molecule has 6 heteroatoms. The average Bonchev–Trinajstić information content (AvgIpc) is 2.87. The zero-order valence-corrected chi connectivity index (χ0v) is 22.8. The highest BCUT2D eigenvalue weighted by Gasteiger charge is 2.31. The van der Waals surface area contributed by atoms with Crippen LogP contribution >= 0.6 is 23.4 Å². The van der Waals surface area contributed by atoms with Crippen LogP contribution in [0.1, 0.15) is 42.5 Å². The first-order valence-corrected chi connectivity index (χ1v) is 13.9. The minimum Gasteiger partial charge on any atom is -0.352 e. The van der Waals surface area contributed by atoms with Gasteiger partial charge in [0.1, 0.15) is 6.04 Å². The standard InChI is InChI=1S/C30H35ClN2O2S/c1-4-23(3)32-30(35)28(18-24-12-6-5-7-13-24)33(19-26-15-9-8-11-22(26)2)29(34)21-36-20-25-14-10-16-27(31)17-25/h5-17,23,28H,4,18-21H2,1-3H3,(H,32,35)/t23-,28+/m1/s1. The van der Waals surface area contributed by atoms with E-state index in [0.717, 1.165) is 28.7 Å². The van der Waals surface area contributed by atoms with Crippen molar-refractivity contribution in [1.29, 1.82) is 0 Å². The second-order valence-corrected chi connectivity index (χ2v) is 10.5. The van der Waals surface area contributed by atoms with Crippen LogP contribution in [0.3, 0.4) is 0 Å². The van der Waals surface area contributed by atoms with Crippen molar-refractivity contribution in [2.45, 2.75) is 58.0 Å². The van der Waals surface area contributed by atoms with Crippen molar-refractivity contribution in [2.75, 3.05) is 5.75 Å². The molecule has 0 aliphatic carbocycles. The van der Waals surface area contributed by atoms with Gasteiger partial charge in [0.2, 0.25) is 11.8 Å². The van der Waals surface area contributed by atoms with E-state index < -0.39 is 6.04 Å². The van der Waals surface area contributed by atoms with E-state index in [0.29, 0.717) is 23.7 Å². The number of hydrogen-bond donors (Lipinski definition) is 1. The van der Waals surface area contributed by atoms with E-state index in [4.69, 9.17) is 11.6 Å². The normalized spacial score (nSPS) is 12.6. The smallest absolute Gasteiger partial charge is 0.243 e. The number of hydrogen-bond acceptors (Lipinski definition) is 3. The lowest BCUT2D eigenvalue weighted by Gasteiger charge is -2.32. The third-order valence-electron chi connectivity index (χ3n) is 6.26. The summed E-state index contributed by atoms with van der Waals surface area (Å²) in [4.78, 5) is 29.0. The molecule has 2 atom stereocenters. The van der Waals surface area contributed by atoms with Gasteiger partial charge in [-0.3, -0.25) is 9.59 Å². The predicted molar refractivity (Wildman–Crippen MR) is 151 cm³/mol. The molecule has 0 saturated heterocycles. The van der Waals surface area contributed by atoms with E-state index in [-0.39, 0.29) is 23.6 Å². The third-order valence-corrected chi connectivity index (χ3v) is 7.48. The Morgan fingerprint density at radius 3 is 2.36 bits per heavy atom. The molecule has 0 aliphatic rings. The predicted octanol–water partition coefficient (Wildman–Crippen LogP) is 6.44. The fourth-order valence-electron chi connectivity index (χ4n) is 3.93. The van der Waals surface area contributed by atoms with Gasteiger partial charge in [0, 0.05) is 29.8 Å². The lowest BCUT2D eigenvalue weighted by atomic mass is 10.0. The van der Waals surface area contributed by atoms with Crippen molar-refractivity contribution in [3.05, 3.63) is 106 Å². The Hall–Kier alpha value is -2.76. The summed E-state index contributed by atoms with van der Waals surface area (Å²) >= 11 is 7.66. The molecule has 0 fully saturated rings. The van der Waals surface area contributed by atoms with E-state index in [1.807, 2.05) is 99.6 Å². The Kier molecular flexibility index (Phi) is 10.9. The van der Waals surface area contributed by atoms with E-state index >= 15 is 0 Å². The highest BCUT2D eigenvalue weighted by Crippen LogP contribution is 2.21. The zero-order chi connectivity index (χ0) is 25.9. The number of thioether (sulfide) groups is 1. The van der Waals surface area contributed by atoms with Crippen LogP contribution in [-0.2, 0) is 28.3 Å². The van der Waals surface area contributed by atoms with Gasteiger partial charge in [-0.05, 0) is 54.7 Å². The third kappa shape index (κ3) is 8.42. The number of rotatable bonds is 12. The first-order valence-electron chi connectivity index (χ1n) is 12.4. The molecular weight excluding hydrogens is 488 g/mol. The maximum atomic E-state index is 13.7. The van der Waals surface area contributed by atoms with Crippen molar-refractivity contribution in [3.63, 3.8) is 0 Å². The van der Waals surface area contributed by atoms with Crippen LogP contribution in [0, 0.1) is 6.92 Å². The minimum absolute atomic E-state index is 0.0309. The second kappa shape index (κ2) is 14.1. The highest BCUT2D eigenvalue weighted by atomic mass is 35.5.